The molecular weight excluding hydrogens is 266 g/mol. The van der Waals surface area contributed by atoms with Crippen molar-refractivity contribution in [2.45, 2.75) is 31.9 Å². The second-order valence-electron chi connectivity index (χ2n) is 5.65. The summed E-state index contributed by atoms with van der Waals surface area (Å²) in [4.78, 5) is 11.2. The van der Waals surface area contributed by atoms with Crippen LogP contribution in [0.2, 0.25) is 6.04 Å². The summed E-state index contributed by atoms with van der Waals surface area (Å²) < 4.78 is 16.4. The van der Waals surface area contributed by atoms with Crippen LogP contribution in [0.5, 0.6) is 0 Å². The summed E-state index contributed by atoms with van der Waals surface area (Å²) in [6.45, 7) is 4.03. The van der Waals surface area contributed by atoms with Crippen LogP contribution >= 0.6 is 0 Å². The molecule has 0 aliphatic carbocycles. The van der Waals surface area contributed by atoms with Crippen molar-refractivity contribution in [3.8, 4) is 0 Å². The lowest BCUT2D eigenvalue weighted by atomic mass is 10.0. The molecule has 0 N–H and O–H groups in total. The molecule has 0 aromatic carbocycles. The summed E-state index contributed by atoms with van der Waals surface area (Å²) in [5.74, 6) is -1.05. The Labute approximate surface area is 117 Å². The quantitative estimate of drug-likeness (QED) is 0.437. The van der Waals surface area contributed by atoms with Gasteiger partial charge in [-0.2, -0.15) is 0 Å². The van der Waals surface area contributed by atoms with Crippen LogP contribution in [-0.4, -0.2) is 66.8 Å². The fourth-order valence-electron chi connectivity index (χ4n) is 1.77. The molecule has 114 valence electrons. The molecule has 0 aromatic rings. The summed E-state index contributed by atoms with van der Waals surface area (Å²) >= 11 is 0. The van der Waals surface area contributed by atoms with Gasteiger partial charge in [-0.05, 0) is 13.8 Å². The number of carboxylic acids is 1. The maximum atomic E-state index is 11.2. The van der Waals surface area contributed by atoms with E-state index >= 15 is 0 Å². The average molecular weight is 293 g/mol. The Hall–Kier alpha value is -0.473. The molecule has 0 bridgehead atoms. The standard InChI is InChI=1S/C12H27NO5Si/c1-12(2,11(14)15)13(3,4)9-8-10-19(16-5,17-6)18-7/h8-10H2,1-7H3. The van der Waals surface area contributed by atoms with E-state index in [-0.39, 0.29) is 0 Å². The monoisotopic (exact) mass is 293 g/mol. The van der Waals surface area contributed by atoms with Crippen molar-refractivity contribution >= 4 is 14.8 Å². The molecule has 7 heteroatoms. The highest BCUT2D eigenvalue weighted by Crippen LogP contribution is 2.23. The topological polar surface area (TPSA) is 67.8 Å². The Balaban J connectivity index is 4.60. The zero-order valence-electron chi connectivity index (χ0n) is 13.1. The summed E-state index contributed by atoms with van der Waals surface area (Å²) in [5, 5.41) is 11.2. The minimum atomic E-state index is -2.58. The molecule has 6 nitrogen and oxygen atoms in total. The number of carbonyl (C=O) groups is 1. The van der Waals surface area contributed by atoms with Crippen LogP contribution in [0.15, 0.2) is 0 Å². The molecular formula is C12H27NO5Si. The maximum absolute atomic E-state index is 11.2. The number of quaternary nitrogens is 1. The highest BCUT2D eigenvalue weighted by Gasteiger charge is 2.41. The van der Waals surface area contributed by atoms with Gasteiger partial charge in [0.15, 0.2) is 0 Å². The maximum Gasteiger partial charge on any atom is 0.500 e. The Morgan fingerprint density at radius 2 is 1.58 bits per heavy atom. The summed E-state index contributed by atoms with van der Waals surface area (Å²) in [5.41, 5.74) is -0.947. The first-order chi connectivity index (χ1) is 8.58. The number of hydrogen-bond donors (Lipinski definition) is 0. The van der Waals surface area contributed by atoms with Gasteiger partial charge in [0.2, 0.25) is 0 Å². The number of hydrogen-bond acceptors (Lipinski definition) is 5. The van der Waals surface area contributed by atoms with Crippen molar-refractivity contribution in [1.29, 1.82) is 0 Å². The van der Waals surface area contributed by atoms with Crippen LogP contribution in [0.1, 0.15) is 20.3 Å². The Morgan fingerprint density at radius 1 is 1.16 bits per heavy atom. The highest BCUT2D eigenvalue weighted by atomic mass is 28.4. The predicted octanol–water partition coefficient (Wildman–Crippen LogP) is -0.140. The van der Waals surface area contributed by atoms with Gasteiger partial charge in [-0.15, -0.1) is 0 Å². The van der Waals surface area contributed by atoms with E-state index in [1.807, 2.05) is 14.1 Å². The predicted molar refractivity (Wildman–Crippen MR) is 72.3 cm³/mol. The van der Waals surface area contributed by atoms with Crippen LogP contribution in [0, 0.1) is 0 Å². The van der Waals surface area contributed by atoms with Crippen LogP contribution in [0.25, 0.3) is 0 Å². The summed E-state index contributed by atoms with van der Waals surface area (Å²) in [7, 11) is 5.91. The minimum Gasteiger partial charge on any atom is -0.544 e. The van der Waals surface area contributed by atoms with Gasteiger partial charge in [-0.3, -0.25) is 0 Å². The largest absolute Gasteiger partial charge is 0.544 e. The van der Waals surface area contributed by atoms with E-state index in [0.29, 0.717) is 17.1 Å². The van der Waals surface area contributed by atoms with Gasteiger partial charge in [-0.1, -0.05) is 0 Å². The van der Waals surface area contributed by atoms with Crippen molar-refractivity contribution in [2.24, 2.45) is 0 Å². The van der Waals surface area contributed by atoms with E-state index in [0.717, 1.165) is 6.42 Å². The van der Waals surface area contributed by atoms with Crippen molar-refractivity contribution < 1.29 is 27.7 Å². The lowest BCUT2D eigenvalue weighted by Gasteiger charge is -2.45. The molecule has 0 atom stereocenters. The third-order valence-corrected chi connectivity index (χ3v) is 6.98. The molecule has 0 amide bonds. The van der Waals surface area contributed by atoms with Crippen LogP contribution < -0.4 is 5.11 Å². The zero-order valence-corrected chi connectivity index (χ0v) is 14.1. The third kappa shape index (κ3) is 4.25. The van der Waals surface area contributed by atoms with Gasteiger partial charge in [-0.25, -0.2) is 0 Å². The molecule has 0 radical (unpaired) electrons. The molecule has 0 spiro atoms. The molecule has 0 fully saturated rings. The lowest BCUT2D eigenvalue weighted by molar-refractivity contribution is -0.930. The molecule has 0 aliphatic heterocycles. The second-order valence-corrected chi connectivity index (χ2v) is 8.74. The fourth-order valence-corrected chi connectivity index (χ4v) is 3.48. The lowest BCUT2D eigenvalue weighted by Crippen LogP contribution is -2.64. The molecule has 0 heterocycles. The number of carbonyl (C=O) groups excluding carboxylic acids is 1. The Morgan fingerprint density at radius 3 is 1.89 bits per heavy atom. The molecule has 0 saturated heterocycles. The summed E-state index contributed by atoms with van der Waals surface area (Å²) in [6.07, 6.45) is 0.755. The number of rotatable bonds is 9. The van der Waals surface area contributed by atoms with Crippen LogP contribution in [-0.2, 0) is 18.1 Å². The van der Waals surface area contributed by atoms with Gasteiger partial charge in [0.1, 0.15) is 11.5 Å². The first-order valence-electron chi connectivity index (χ1n) is 6.28. The highest BCUT2D eigenvalue weighted by molar-refractivity contribution is 6.60. The first kappa shape index (κ1) is 18.5. The van der Waals surface area contributed by atoms with Crippen LogP contribution in [0.3, 0.4) is 0 Å². The van der Waals surface area contributed by atoms with E-state index in [9.17, 15) is 9.90 Å². The number of likely N-dealkylation sites (N-methyl/N-ethyl adjacent to an activating group) is 1. The fraction of sp³-hybridized carbons (Fsp3) is 0.917. The van der Waals surface area contributed by atoms with Gasteiger partial charge < -0.3 is 27.7 Å². The second kappa shape index (κ2) is 6.80. The molecule has 19 heavy (non-hydrogen) atoms. The molecule has 0 saturated carbocycles. The SMILES string of the molecule is CO[Si](CCC[N+](C)(C)C(C)(C)C(=O)[O-])(OC)OC. The number of carboxylic acid groups (broad SMARTS) is 1. The zero-order chi connectivity index (χ0) is 15.3. The minimum absolute atomic E-state index is 0.330. The van der Waals surface area contributed by atoms with Gasteiger partial charge in [0.05, 0.1) is 20.6 Å². The van der Waals surface area contributed by atoms with Crippen LogP contribution in [0.4, 0.5) is 0 Å². The average Bonchev–Trinajstić information content (AvgIpc) is 2.34. The van der Waals surface area contributed by atoms with Crippen molar-refractivity contribution in [1.82, 2.24) is 0 Å². The first-order valence-corrected chi connectivity index (χ1v) is 8.22. The molecule has 0 unspecified atom stereocenters. The van der Waals surface area contributed by atoms with E-state index in [4.69, 9.17) is 13.3 Å². The van der Waals surface area contributed by atoms with Gasteiger partial charge in [0.25, 0.3) is 0 Å². The van der Waals surface area contributed by atoms with Crippen molar-refractivity contribution in [3.63, 3.8) is 0 Å². The van der Waals surface area contributed by atoms with Gasteiger partial charge >= 0.3 is 8.80 Å². The molecule has 0 aliphatic rings. The molecule has 0 aromatic heterocycles. The number of aliphatic carboxylic acids is 1. The Bertz CT molecular complexity index is 294. The van der Waals surface area contributed by atoms with Crippen molar-refractivity contribution in [2.75, 3.05) is 42.0 Å². The Kier molecular flexibility index (Phi) is 6.63. The molecule has 0 rings (SSSR count). The summed E-state index contributed by atoms with van der Waals surface area (Å²) in [6, 6.07) is 0.654. The van der Waals surface area contributed by atoms with E-state index in [2.05, 4.69) is 0 Å². The normalized spacial score (nSPS) is 13.6. The van der Waals surface area contributed by atoms with Crippen molar-refractivity contribution in [3.05, 3.63) is 0 Å². The van der Waals surface area contributed by atoms with E-state index in [1.165, 1.54) is 0 Å². The smallest absolute Gasteiger partial charge is 0.500 e. The third-order valence-electron chi connectivity index (χ3n) is 4.15. The van der Waals surface area contributed by atoms with Gasteiger partial charge in [0, 0.05) is 33.8 Å². The van der Waals surface area contributed by atoms with E-state index < -0.39 is 20.3 Å². The van der Waals surface area contributed by atoms with E-state index in [1.54, 1.807) is 35.2 Å². The number of nitrogens with zero attached hydrogens (tertiary/aromatic N) is 1.